The van der Waals surface area contributed by atoms with E-state index < -0.39 is 5.76 Å². The Morgan fingerprint density at radius 1 is 1.07 bits per heavy atom. The van der Waals surface area contributed by atoms with Gasteiger partial charge in [0.2, 0.25) is 5.91 Å². The van der Waals surface area contributed by atoms with Crippen LogP contribution in [0.3, 0.4) is 0 Å². The SMILES string of the molecule is O=C(CN1CCN(Cn2nc(-c3cccs3)oc2=O)CC1)N1CCCCC1. The molecular formula is C18H25N5O3S. The third-order valence-corrected chi connectivity index (χ3v) is 6.06. The number of amides is 1. The number of hydrogen-bond acceptors (Lipinski definition) is 7. The highest BCUT2D eigenvalue weighted by Gasteiger charge is 2.23. The lowest BCUT2D eigenvalue weighted by atomic mass is 10.1. The molecule has 2 aromatic rings. The number of hydrogen-bond donors (Lipinski definition) is 0. The van der Waals surface area contributed by atoms with Crippen molar-refractivity contribution in [3.63, 3.8) is 0 Å². The molecule has 1 amide bonds. The summed E-state index contributed by atoms with van der Waals surface area (Å²) in [4.78, 5) is 31.7. The minimum absolute atomic E-state index is 0.247. The van der Waals surface area contributed by atoms with E-state index in [-0.39, 0.29) is 5.91 Å². The van der Waals surface area contributed by atoms with Gasteiger partial charge in [-0.2, -0.15) is 4.68 Å². The first-order chi connectivity index (χ1) is 13.2. The number of carbonyl (C=O) groups is 1. The van der Waals surface area contributed by atoms with Crippen molar-refractivity contribution < 1.29 is 9.21 Å². The second-order valence-electron chi connectivity index (χ2n) is 7.13. The van der Waals surface area contributed by atoms with Crippen LogP contribution in [0.1, 0.15) is 19.3 Å². The Morgan fingerprint density at radius 3 is 2.52 bits per heavy atom. The lowest BCUT2D eigenvalue weighted by molar-refractivity contribution is -0.133. The zero-order valence-corrected chi connectivity index (χ0v) is 16.2. The molecule has 4 rings (SSSR count). The normalized spacial score (nSPS) is 19.5. The van der Waals surface area contributed by atoms with Gasteiger partial charge in [0.05, 0.1) is 11.4 Å². The zero-order valence-electron chi connectivity index (χ0n) is 15.4. The monoisotopic (exact) mass is 391 g/mol. The molecule has 2 fully saturated rings. The third kappa shape index (κ3) is 4.48. The van der Waals surface area contributed by atoms with E-state index in [4.69, 9.17) is 4.42 Å². The second-order valence-corrected chi connectivity index (χ2v) is 8.07. The molecule has 2 aromatic heterocycles. The van der Waals surface area contributed by atoms with Crippen LogP contribution in [0.25, 0.3) is 10.8 Å². The Bertz CT molecular complexity index is 801. The molecule has 0 N–H and O–H groups in total. The van der Waals surface area contributed by atoms with Crippen molar-refractivity contribution in [2.24, 2.45) is 0 Å². The third-order valence-electron chi connectivity index (χ3n) is 5.20. The average Bonchev–Trinajstić information content (AvgIpc) is 3.34. The topological polar surface area (TPSA) is 74.8 Å². The number of aromatic nitrogens is 2. The number of carbonyl (C=O) groups excluding carboxylic acids is 1. The Kier molecular flexibility index (Phi) is 5.70. The number of rotatable bonds is 5. The molecule has 0 bridgehead atoms. The van der Waals surface area contributed by atoms with E-state index >= 15 is 0 Å². The van der Waals surface area contributed by atoms with Crippen molar-refractivity contribution in [2.45, 2.75) is 25.9 Å². The highest BCUT2D eigenvalue weighted by Crippen LogP contribution is 2.21. The molecule has 0 saturated carbocycles. The summed E-state index contributed by atoms with van der Waals surface area (Å²) in [6.07, 6.45) is 3.48. The van der Waals surface area contributed by atoms with Crippen molar-refractivity contribution in [3.8, 4) is 10.8 Å². The first-order valence-corrected chi connectivity index (χ1v) is 10.4. The maximum atomic E-state index is 12.4. The number of piperazine rings is 1. The lowest BCUT2D eigenvalue weighted by Crippen LogP contribution is -2.51. The predicted octanol–water partition coefficient (Wildman–Crippen LogP) is 1.15. The summed E-state index contributed by atoms with van der Waals surface area (Å²) in [6.45, 7) is 5.98. The Balaban J connectivity index is 1.27. The summed E-state index contributed by atoms with van der Waals surface area (Å²) < 4.78 is 6.64. The highest BCUT2D eigenvalue weighted by atomic mass is 32.1. The van der Waals surface area contributed by atoms with Crippen molar-refractivity contribution in [3.05, 3.63) is 28.1 Å². The van der Waals surface area contributed by atoms with E-state index in [1.54, 1.807) is 0 Å². The average molecular weight is 391 g/mol. The maximum absolute atomic E-state index is 12.4. The molecule has 2 saturated heterocycles. The van der Waals surface area contributed by atoms with Crippen molar-refractivity contribution in [1.29, 1.82) is 0 Å². The van der Waals surface area contributed by atoms with Gasteiger partial charge in [-0.15, -0.1) is 16.4 Å². The molecule has 0 aliphatic carbocycles. The van der Waals surface area contributed by atoms with E-state index in [0.29, 0.717) is 19.1 Å². The van der Waals surface area contributed by atoms with Gasteiger partial charge in [0.1, 0.15) is 6.67 Å². The quantitative estimate of drug-likeness (QED) is 0.761. The molecular weight excluding hydrogens is 366 g/mol. The number of nitrogens with zero attached hydrogens (tertiary/aromatic N) is 5. The van der Waals surface area contributed by atoms with Gasteiger partial charge >= 0.3 is 5.76 Å². The summed E-state index contributed by atoms with van der Waals surface area (Å²) in [5, 5.41) is 6.24. The van der Waals surface area contributed by atoms with Crippen molar-refractivity contribution in [1.82, 2.24) is 24.5 Å². The molecule has 0 radical (unpaired) electrons. The van der Waals surface area contributed by atoms with Crippen LogP contribution < -0.4 is 5.76 Å². The fourth-order valence-electron chi connectivity index (χ4n) is 3.61. The molecule has 0 atom stereocenters. The van der Waals surface area contributed by atoms with Crippen LogP contribution in [-0.2, 0) is 11.5 Å². The Morgan fingerprint density at radius 2 is 1.81 bits per heavy atom. The molecule has 8 nitrogen and oxygen atoms in total. The standard InChI is InChI=1S/C18H25N5O3S/c24-16(22-6-2-1-3-7-22)13-20-8-10-21(11-9-20)14-23-18(25)26-17(19-23)15-5-4-12-27-15/h4-5,12H,1-3,6-11,13-14H2. The minimum atomic E-state index is -0.430. The first kappa shape index (κ1) is 18.4. The first-order valence-electron chi connectivity index (χ1n) is 9.53. The predicted molar refractivity (Wildman–Crippen MR) is 103 cm³/mol. The summed E-state index contributed by atoms with van der Waals surface area (Å²) in [5.74, 6) is 0.193. The van der Waals surface area contributed by atoms with Gasteiger partial charge in [-0.25, -0.2) is 4.79 Å². The summed E-state index contributed by atoms with van der Waals surface area (Å²) in [6, 6.07) is 3.79. The van der Waals surface area contributed by atoms with E-state index in [1.807, 2.05) is 22.4 Å². The van der Waals surface area contributed by atoms with Gasteiger partial charge in [0, 0.05) is 39.3 Å². The molecule has 0 aromatic carbocycles. The molecule has 0 spiro atoms. The van der Waals surface area contributed by atoms with Crippen LogP contribution in [0.4, 0.5) is 0 Å². The number of piperidine rings is 1. The van der Waals surface area contributed by atoms with Gasteiger partial charge in [-0.05, 0) is 30.7 Å². The van der Waals surface area contributed by atoms with E-state index in [9.17, 15) is 9.59 Å². The maximum Gasteiger partial charge on any atom is 0.438 e. The Labute approximate surface area is 162 Å². The molecule has 27 heavy (non-hydrogen) atoms. The lowest BCUT2D eigenvalue weighted by Gasteiger charge is -2.35. The Hall–Kier alpha value is -1.97. The molecule has 4 heterocycles. The highest BCUT2D eigenvalue weighted by molar-refractivity contribution is 7.13. The van der Waals surface area contributed by atoms with Crippen molar-refractivity contribution in [2.75, 3.05) is 45.8 Å². The molecule has 2 aliphatic heterocycles. The smallest absolute Gasteiger partial charge is 0.387 e. The van der Waals surface area contributed by atoms with Crippen LogP contribution in [0, 0.1) is 0 Å². The van der Waals surface area contributed by atoms with Crippen LogP contribution in [0.5, 0.6) is 0 Å². The summed E-state index contributed by atoms with van der Waals surface area (Å²) in [5.41, 5.74) is 0. The fraction of sp³-hybridized carbons (Fsp3) is 0.611. The minimum Gasteiger partial charge on any atom is -0.387 e. The molecule has 2 aliphatic rings. The number of likely N-dealkylation sites (tertiary alicyclic amines) is 1. The second kappa shape index (κ2) is 8.37. The largest absolute Gasteiger partial charge is 0.438 e. The summed E-state index contributed by atoms with van der Waals surface area (Å²) >= 11 is 1.50. The molecule has 146 valence electrons. The van der Waals surface area contributed by atoms with Crippen LogP contribution >= 0.6 is 11.3 Å². The summed E-state index contributed by atoms with van der Waals surface area (Å²) in [7, 11) is 0. The fourth-order valence-corrected chi connectivity index (χ4v) is 4.25. The van der Waals surface area contributed by atoms with Gasteiger partial charge < -0.3 is 9.32 Å². The molecule has 9 heteroatoms. The van der Waals surface area contributed by atoms with E-state index in [2.05, 4.69) is 14.9 Å². The van der Waals surface area contributed by atoms with E-state index in [1.165, 1.54) is 22.4 Å². The molecule has 0 unspecified atom stereocenters. The van der Waals surface area contributed by atoms with Crippen LogP contribution in [-0.4, -0.2) is 76.2 Å². The number of thiophene rings is 1. The van der Waals surface area contributed by atoms with Gasteiger partial charge in [0.15, 0.2) is 0 Å². The van der Waals surface area contributed by atoms with Crippen molar-refractivity contribution >= 4 is 17.2 Å². The van der Waals surface area contributed by atoms with Gasteiger partial charge in [-0.3, -0.25) is 14.6 Å². The van der Waals surface area contributed by atoms with Crippen LogP contribution in [0.2, 0.25) is 0 Å². The zero-order chi connectivity index (χ0) is 18.6. The van der Waals surface area contributed by atoms with E-state index in [0.717, 1.165) is 57.0 Å². The van der Waals surface area contributed by atoms with Crippen LogP contribution in [0.15, 0.2) is 26.7 Å². The van der Waals surface area contributed by atoms with Gasteiger partial charge in [-0.1, -0.05) is 6.07 Å². The van der Waals surface area contributed by atoms with Gasteiger partial charge in [0.25, 0.3) is 5.89 Å².